The van der Waals surface area contributed by atoms with Gasteiger partial charge in [0.2, 0.25) is 5.78 Å². The van der Waals surface area contributed by atoms with Gasteiger partial charge in [-0.2, -0.15) is 0 Å². The maximum absolute atomic E-state index is 13.7. The second kappa shape index (κ2) is 11.6. The zero-order valence-corrected chi connectivity index (χ0v) is 23.5. The van der Waals surface area contributed by atoms with E-state index >= 15 is 0 Å². The van der Waals surface area contributed by atoms with E-state index in [2.05, 4.69) is 0 Å². The first-order valence-electron chi connectivity index (χ1n) is 12.8. The van der Waals surface area contributed by atoms with Crippen LogP contribution in [0.3, 0.4) is 0 Å². The van der Waals surface area contributed by atoms with Gasteiger partial charge in [0.05, 0.1) is 11.6 Å². The standard InChI is InChI=1S/C23H27N3O7.C4H6O6/c1-25(2)12-5-6-13(27)15-10(12)7-9-8-11-17(26(3)4)19(29)16(22(24)32)21(31)23(11,33)20(30)14(9)18(15)28;5-1(3(7)8)2(6)4(9)10/h5-6,9,11,17,27-28,31,33H,7-8H2,1-4H3,(H2,24,32);1-2,5-6H,(H,7,8)(H,9,10)/t9-,11-,17-,23-;/m0./s1. The third-order valence-corrected chi connectivity index (χ3v) is 7.87. The molecule has 1 amide bonds. The largest absolute Gasteiger partial charge is 0.508 e. The summed E-state index contributed by atoms with van der Waals surface area (Å²) in [4.78, 5) is 61.5. The highest BCUT2D eigenvalue weighted by Crippen LogP contribution is 2.53. The fourth-order valence-corrected chi connectivity index (χ4v) is 5.92. The number of likely N-dealkylation sites (N-methyl/N-ethyl adjacent to an activating group) is 1. The number of Topliss-reactive ketones (excluding diaryl/α,β-unsaturated/α-hetero) is 2. The molecule has 3 aliphatic rings. The number of rotatable bonds is 6. The van der Waals surface area contributed by atoms with E-state index in [1.165, 1.54) is 11.0 Å². The third-order valence-electron chi connectivity index (χ3n) is 7.87. The second-order valence-electron chi connectivity index (χ2n) is 10.9. The maximum atomic E-state index is 13.7. The molecule has 16 nitrogen and oxygen atoms in total. The molecule has 0 radical (unpaired) electrons. The molecule has 0 bridgehead atoms. The first-order chi connectivity index (χ1) is 19.8. The lowest BCUT2D eigenvalue weighted by Crippen LogP contribution is -2.65. The van der Waals surface area contributed by atoms with Crippen LogP contribution in [0.4, 0.5) is 5.69 Å². The molecule has 1 saturated carbocycles. The van der Waals surface area contributed by atoms with Gasteiger partial charge in [0.25, 0.3) is 5.91 Å². The minimum atomic E-state index is -2.63. The first-order valence-corrected chi connectivity index (χ1v) is 12.8. The Hall–Kier alpha value is -4.51. The molecule has 0 heterocycles. The fourth-order valence-electron chi connectivity index (χ4n) is 5.92. The van der Waals surface area contributed by atoms with Crippen molar-refractivity contribution in [2.75, 3.05) is 33.1 Å². The summed E-state index contributed by atoms with van der Waals surface area (Å²) in [6.07, 6.45) is -4.21. The van der Waals surface area contributed by atoms with E-state index in [0.29, 0.717) is 5.56 Å². The summed E-state index contributed by atoms with van der Waals surface area (Å²) in [5, 5.41) is 76.4. The number of nitrogens with two attached hydrogens (primary N) is 1. The van der Waals surface area contributed by atoms with Gasteiger partial charge in [-0.05, 0) is 50.6 Å². The number of nitrogens with zero attached hydrogens (tertiary/aromatic N) is 2. The Labute approximate surface area is 244 Å². The van der Waals surface area contributed by atoms with Gasteiger partial charge in [-0.25, -0.2) is 9.59 Å². The van der Waals surface area contributed by atoms with Crippen molar-refractivity contribution in [3.63, 3.8) is 0 Å². The van der Waals surface area contributed by atoms with Crippen LogP contribution in [-0.4, -0.2) is 127 Å². The van der Waals surface area contributed by atoms with Crippen molar-refractivity contribution in [1.82, 2.24) is 4.90 Å². The molecule has 16 heteroatoms. The van der Waals surface area contributed by atoms with E-state index in [1.54, 1.807) is 20.2 Å². The van der Waals surface area contributed by atoms with Gasteiger partial charge in [-0.1, -0.05) is 0 Å². The number of carboxylic acid groups (broad SMARTS) is 2. The van der Waals surface area contributed by atoms with E-state index in [9.17, 15) is 44.4 Å². The average Bonchev–Trinajstić information content (AvgIpc) is 2.89. The molecule has 0 spiro atoms. The number of carbonyl (C=O) groups excluding carboxylic acids is 3. The van der Waals surface area contributed by atoms with Gasteiger partial charge in [0.15, 0.2) is 23.6 Å². The molecular weight excluding hydrogens is 574 g/mol. The van der Waals surface area contributed by atoms with Crippen LogP contribution in [-0.2, 0) is 30.4 Å². The van der Waals surface area contributed by atoms with Crippen molar-refractivity contribution in [2.24, 2.45) is 17.6 Å². The van der Waals surface area contributed by atoms with Gasteiger partial charge in [0, 0.05) is 31.3 Å². The molecular formula is C27H33N3O13. The van der Waals surface area contributed by atoms with Crippen LogP contribution in [0.25, 0.3) is 5.76 Å². The highest BCUT2D eigenvalue weighted by molar-refractivity contribution is 6.24. The van der Waals surface area contributed by atoms with Crippen molar-refractivity contribution in [2.45, 2.75) is 36.7 Å². The summed E-state index contributed by atoms with van der Waals surface area (Å²) in [6, 6.07) is 2.01. The van der Waals surface area contributed by atoms with Crippen molar-refractivity contribution in [1.29, 1.82) is 0 Å². The first kappa shape index (κ1) is 33.0. The SMILES string of the molecule is CN(C)c1ccc(O)c2c1C[C@H]1C[C@H]3[C@H](N(C)C)C(=O)C(C(N)=O)=C(O)[C@@]3(O)C(=O)C1=C2O.O=C(O)C(O)C(O)C(=O)O. The number of phenols is 1. The Bertz CT molecular complexity index is 1450. The highest BCUT2D eigenvalue weighted by Gasteiger charge is 2.64. The second-order valence-corrected chi connectivity index (χ2v) is 10.9. The van der Waals surface area contributed by atoms with Crippen LogP contribution in [0.1, 0.15) is 17.5 Å². The van der Waals surface area contributed by atoms with Gasteiger partial charge in [-0.15, -0.1) is 0 Å². The Kier molecular flexibility index (Phi) is 8.93. The molecule has 1 fully saturated rings. The number of fused-ring (bicyclic) bond motifs is 3. The maximum Gasteiger partial charge on any atom is 0.335 e. The molecule has 0 saturated heterocycles. The average molecular weight is 608 g/mol. The number of carbonyl (C=O) groups is 5. The number of aliphatic hydroxyl groups excluding tert-OH is 4. The molecule has 3 aliphatic carbocycles. The number of aliphatic hydroxyl groups is 5. The number of amides is 1. The number of aliphatic carboxylic acids is 2. The molecule has 234 valence electrons. The van der Waals surface area contributed by atoms with Crippen LogP contribution in [0.2, 0.25) is 0 Å². The predicted octanol–water partition coefficient (Wildman–Crippen LogP) is -2.09. The number of aromatic hydroxyl groups is 1. The van der Waals surface area contributed by atoms with E-state index in [1.807, 2.05) is 19.0 Å². The molecule has 0 aliphatic heterocycles. The normalized spacial score (nSPS) is 26.0. The van der Waals surface area contributed by atoms with Crippen molar-refractivity contribution < 1.29 is 64.8 Å². The summed E-state index contributed by atoms with van der Waals surface area (Å²) in [6.45, 7) is 0. The predicted molar refractivity (Wildman–Crippen MR) is 146 cm³/mol. The number of benzene rings is 1. The Morgan fingerprint density at radius 2 is 1.51 bits per heavy atom. The van der Waals surface area contributed by atoms with Crippen molar-refractivity contribution >= 4 is 40.9 Å². The summed E-state index contributed by atoms with van der Waals surface area (Å²) in [7, 11) is 6.75. The number of phenolic OH excluding ortho intramolecular Hbond substituents is 1. The quantitative estimate of drug-likeness (QED) is 0.157. The van der Waals surface area contributed by atoms with Gasteiger partial charge in [0.1, 0.15) is 22.8 Å². The van der Waals surface area contributed by atoms with Crippen LogP contribution in [0.5, 0.6) is 5.75 Å². The topological polar surface area (TPSA) is 280 Å². The number of ketones is 2. The number of primary amides is 1. The monoisotopic (exact) mass is 607 g/mol. The lowest BCUT2D eigenvalue weighted by Gasteiger charge is -2.50. The van der Waals surface area contributed by atoms with Gasteiger partial charge >= 0.3 is 11.9 Å². The molecule has 2 unspecified atom stereocenters. The van der Waals surface area contributed by atoms with Crippen molar-refractivity contribution in [3.05, 3.63) is 40.2 Å². The highest BCUT2D eigenvalue weighted by atomic mass is 16.4. The van der Waals surface area contributed by atoms with Gasteiger partial charge < -0.3 is 51.5 Å². The van der Waals surface area contributed by atoms with Crippen LogP contribution in [0.15, 0.2) is 29.0 Å². The summed E-state index contributed by atoms with van der Waals surface area (Å²) >= 11 is 0. The molecule has 1 aromatic rings. The molecule has 0 aromatic heterocycles. The van der Waals surface area contributed by atoms with Crippen LogP contribution >= 0.6 is 0 Å². The Morgan fingerprint density at radius 3 is 1.95 bits per heavy atom. The summed E-state index contributed by atoms with van der Waals surface area (Å²) in [5.41, 5.74) is 3.15. The minimum absolute atomic E-state index is 0.0638. The summed E-state index contributed by atoms with van der Waals surface area (Å²) < 4.78 is 0. The number of carboxylic acids is 2. The zero-order valence-electron chi connectivity index (χ0n) is 23.5. The summed E-state index contributed by atoms with van der Waals surface area (Å²) in [5.74, 6) is -10.1. The van der Waals surface area contributed by atoms with Crippen LogP contribution < -0.4 is 10.6 Å². The smallest absolute Gasteiger partial charge is 0.335 e. The Morgan fingerprint density at radius 1 is 0.977 bits per heavy atom. The lowest BCUT2D eigenvalue weighted by molar-refractivity contribution is -0.165. The van der Waals surface area contributed by atoms with Crippen LogP contribution in [0, 0.1) is 11.8 Å². The lowest BCUT2D eigenvalue weighted by atomic mass is 9.57. The molecule has 43 heavy (non-hydrogen) atoms. The van der Waals surface area contributed by atoms with Crippen molar-refractivity contribution in [3.8, 4) is 5.75 Å². The minimum Gasteiger partial charge on any atom is -0.508 e. The molecule has 1 aromatic carbocycles. The molecule has 10 N–H and O–H groups in total. The van der Waals surface area contributed by atoms with Gasteiger partial charge in [-0.3, -0.25) is 19.3 Å². The zero-order chi connectivity index (χ0) is 32.9. The molecule has 4 rings (SSSR count). The van der Waals surface area contributed by atoms with E-state index < -0.39 is 82.2 Å². The number of hydrogen-bond acceptors (Lipinski definition) is 13. The third kappa shape index (κ3) is 5.29. The van der Waals surface area contributed by atoms with E-state index in [4.69, 9.17) is 26.2 Å². The fraction of sp³-hybridized carbons (Fsp3) is 0.444. The number of anilines is 1. The Balaban J connectivity index is 0.000000436. The van der Waals surface area contributed by atoms with E-state index in [0.717, 1.165) is 5.69 Å². The molecule has 6 atom stereocenters. The number of hydrogen-bond donors (Lipinski definition) is 9. The van der Waals surface area contributed by atoms with E-state index in [-0.39, 0.29) is 29.7 Å².